The molecule has 0 aromatic carbocycles. The second-order valence-corrected chi connectivity index (χ2v) is 2.99. The van der Waals surface area contributed by atoms with Gasteiger partial charge in [0.1, 0.15) is 0 Å². The molecule has 0 fully saturated rings. The van der Waals surface area contributed by atoms with E-state index in [2.05, 4.69) is 18.2 Å². The number of unbranched alkanes of at least 4 members (excludes halogenated alkanes) is 2. The van der Waals surface area contributed by atoms with E-state index in [9.17, 15) is 0 Å². The summed E-state index contributed by atoms with van der Waals surface area (Å²) >= 11 is 0. The first-order chi connectivity index (χ1) is 5.41. The summed E-state index contributed by atoms with van der Waals surface area (Å²) < 4.78 is 32.8. The summed E-state index contributed by atoms with van der Waals surface area (Å²) in [7, 11) is -4.92. The lowest BCUT2D eigenvalue weighted by atomic mass is 10.3. The normalized spacial score (nSPS) is 10.3. The van der Waals surface area contributed by atoms with Crippen LogP contribution in [-0.2, 0) is 10.4 Å². The van der Waals surface area contributed by atoms with Gasteiger partial charge in [0.2, 0.25) is 10.4 Å². The minimum absolute atomic E-state index is 1.06. The van der Waals surface area contributed by atoms with Crippen molar-refractivity contribution in [2.45, 2.75) is 26.2 Å². The molecule has 0 bridgehead atoms. The quantitative estimate of drug-likeness (QED) is 0.231. The maximum Gasteiger partial charge on any atom is 0.215 e. The lowest BCUT2D eigenvalue weighted by Crippen LogP contribution is -2.64. The van der Waals surface area contributed by atoms with E-state index in [0.29, 0.717) is 0 Å². The summed E-state index contributed by atoms with van der Waals surface area (Å²) in [6.45, 7) is 3.26. The van der Waals surface area contributed by atoms with Crippen molar-refractivity contribution in [1.82, 2.24) is 5.43 Å². The van der Waals surface area contributed by atoms with Crippen molar-refractivity contribution in [3.63, 3.8) is 0 Å². The van der Waals surface area contributed by atoms with Gasteiger partial charge >= 0.3 is 0 Å². The smallest absolute Gasteiger partial charge is 0.215 e. The highest BCUT2D eigenvalue weighted by atomic mass is 32.3. The third-order valence-electron chi connectivity index (χ3n) is 0.957. The van der Waals surface area contributed by atoms with Crippen molar-refractivity contribution in [3.8, 4) is 0 Å². The summed E-state index contributed by atoms with van der Waals surface area (Å²) in [4.78, 5) is 0. The molecule has 0 heterocycles. The Balaban J connectivity index is 0. The van der Waals surface area contributed by atoms with Gasteiger partial charge in [0, 0.05) is 6.54 Å². The Labute approximate surface area is 72.7 Å². The zero-order chi connectivity index (χ0) is 10.0. The van der Waals surface area contributed by atoms with Gasteiger partial charge in [0.25, 0.3) is 0 Å². The van der Waals surface area contributed by atoms with Gasteiger partial charge in [0.15, 0.2) is 0 Å². The Bertz CT molecular complexity index is 156. The molecule has 0 aliphatic rings. The molecule has 0 aromatic rings. The van der Waals surface area contributed by atoms with Gasteiger partial charge < -0.3 is 4.55 Å². The lowest BCUT2D eigenvalue weighted by molar-refractivity contribution is -0.442. The van der Waals surface area contributed by atoms with Crippen LogP contribution in [0, 0.1) is 0 Å². The van der Waals surface area contributed by atoms with E-state index in [0.717, 1.165) is 6.54 Å². The second-order valence-electron chi connectivity index (χ2n) is 2.13. The molecule has 0 saturated carbocycles. The molecule has 0 aliphatic heterocycles. The number of quaternary nitrogens is 1. The topological polar surface area (TPSA) is 117 Å². The molecular weight excluding hydrogens is 184 g/mol. The summed E-state index contributed by atoms with van der Waals surface area (Å²) in [5.74, 6) is 3.51. The van der Waals surface area contributed by atoms with Crippen LogP contribution in [0.3, 0.4) is 0 Å². The minimum atomic E-state index is -4.92. The van der Waals surface area contributed by atoms with Gasteiger partial charge in [-0.1, -0.05) is 19.8 Å². The lowest BCUT2D eigenvalue weighted by Gasteiger charge is -1.90. The fourth-order valence-electron chi connectivity index (χ4n) is 0.500. The Kier molecular flexibility index (Phi) is 10.6. The number of rotatable bonds is 4. The Hall–Kier alpha value is -0.210. The molecule has 6 nitrogen and oxygen atoms in total. The molecule has 0 saturated heterocycles. The zero-order valence-corrected chi connectivity index (χ0v) is 7.93. The maximum atomic E-state index is 8.63. The number of hydrogen-bond donors (Lipinski definition) is 3. The van der Waals surface area contributed by atoms with Crippen LogP contribution in [0.5, 0.6) is 0 Å². The van der Waals surface area contributed by atoms with Crippen molar-refractivity contribution in [3.05, 3.63) is 0 Å². The number of nitrogens with one attached hydrogen (secondary N) is 1. The van der Waals surface area contributed by atoms with E-state index >= 15 is 0 Å². The van der Waals surface area contributed by atoms with Crippen LogP contribution in [0.4, 0.5) is 0 Å². The van der Waals surface area contributed by atoms with E-state index in [1.807, 2.05) is 0 Å². The fraction of sp³-hybridized carbons (Fsp3) is 1.00. The Morgan fingerprint density at radius 3 is 2.17 bits per heavy atom. The highest BCUT2D eigenvalue weighted by Gasteiger charge is 1.80. The van der Waals surface area contributed by atoms with Crippen LogP contribution < -0.4 is 11.3 Å². The number of hydrogen-bond acceptors (Lipinski definition) is 4. The van der Waals surface area contributed by atoms with Crippen LogP contribution in [0.2, 0.25) is 0 Å². The van der Waals surface area contributed by atoms with Gasteiger partial charge in [-0.15, -0.1) is 0 Å². The van der Waals surface area contributed by atoms with Gasteiger partial charge in [-0.05, 0) is 6.42 Å². The zero-order valence-electron chi connectivity index (χ0n) is 7.12. The first kappa shape index (κ1) is 14.3. The van der Waals surface area contributed by atoms with Crippen molar-refractivity contribution < 1.29 is 23.4 Å². The molecule has 0 rings (SSSR count). The molecule has 5 N–H and O–H groups in total. The van der Waals surface area contributed by atoms with Crippen molar-refractivity contribution in [2.24, 2.45) is 0 Å². The molecule has 0 radical (unpaired) electrons. The average Bonchev–Trinajstić information content (AvgIpc) is 1.85. The Morgan fingerprint density at radius 2 is 1.92 bits per heavy atom. The summed E-state index contributed by atoms with van der Waals surface area (Å²) in [6.07, 6.45) is 3.88. The average molecular weight is 200 g/mol. The molecule has 76 valence electrons. The van der Waals surface area contributed by atoms with Gasteiger partial charge in [-0.25, -0.2) is 8.42 Å². The van der Waals surface area contributed by atoms with E-state index in [-0.39, 0.29) is 0 Å². The SMILES string of the molecule is CCCCCN[NH3+].O=S(=O)([O-])O. The summed E-state index contributed by atoms with van der Waals surface area (Å²) in [5, 5.41) is 0. The minimum Gasteiger partial charge on any atom is -0.726 e. The van der Waals surface area contributed by atoms with Gasteiger partial charge in [-0.3, -0.25) is 10.4 Å². The maximum absolute atomic E-state index is 8.63. The third-order valence-corrected chi connectivity index (χ3v) is 0.957. The van der Waals surface area contributed by atoms with Crippen LogP contribution >= 0.6 is 0 Å². The molecule has 7 heteroatoms. The van der Waals surface area contributed by atoms with E-state index in [1.54, 1.807) is 0 Å². The largest absolute Gasteiger partial charge is 0.726 e. The van der Waals surface area contributed by atoms with Crippen LogP contribution in [-0.4, -0.2) is 24.1 Å². The molecule has 0 unspecified atom stereocenters. The molecule has 0 spiro atoms. The molecule has 0 amide bonds. The highest BCUT2D eigenvalue weighted by molar-refractivity contribution is 7.79. The predicted molar refractivity (Wildman–Crippen MR) is 42.7 cm³/mol. The van der Waals surface area contributed by atoms with Crippen LogP contribution in [0.1, 0.15) is 26.2 Å². The predicted octanol–water partition coefficient (Wildman–Crippen LogP) is -1.07. The highest BCUT2D eigenvalue weighted by Crippen LogP contribution is 1.89. The summed E-state index contributed by atoms with van der Waals surface area (Å²) in [6, 6.07) is 0. The third kappa shape index (κ3) is 52.7. The molecule has 0 atom stereocenters. The fourth-order valence-corrected chi connectivity index (χ4v) is 0.500. The van der Waals surface area contributed by atoms with Gasteiger partial charge in [-0.2, -0.15) is 5.43 Å². The first-order valence-electron chi connectivity index (χ1n) is 3.60. The van der Waals surface area contributed by atoms with Crippen molar-refractivity contribution in [1.29, 1.82) is 0 Å². The second kappa shape index (κ2) is 8.88. The first-order valence-corrected chi connectivity index (χ1v) is 4.96. The van der Waals surface area contributed by atoms with Crippen molar-refractivity contribution >= 4 is 10.4 Å². The van der Waals surface area contributed by atoms with E-state index in [1.165, 1.54) is 19.3 Å². The molecular formula is C5H16N2O4S. The van der Waals surface area contributed by atoms with E-state index in [4.69, 9.17) is 17.5 Å². The summed E-state index contributed by atoms with van der Waals surface area (Å²) in [5.41, 5.74) is 2.85. The van der Waals surface area contributed by atoms with Gasteiger partial charge in [0.05, 0.1) is 0 Å². The molecule has 12 heavy (non-hydrogen) atoms. The monoisotopic (exact) mass is 200 g/mol. The molecule has 0 aliphatic carbocycles. The standard InChI is InChI=1S/C5H14N2.H2O4S/c1-2-3-4-5-7-6;1-5(2,3)4/h7H,2-6H2,1H3;(H2,1,2,3,4). The Morgan fingerprint density at radius 1 is 1.50 bits per heavy atom. The molecule has 0 aromatic heterocycles. The van der Waals surface area contributed by atoms with Crippen LogP contribution in [0.15, 0.2) is 0 Å². The van der Waals surface area contributed by atoms with Crippen LogP contribution in [0.25, 0.3) is 0 Å². The van der Waals surface area contributed by atoms with E-state index < -0.39 is 10.4 Å². The van der Waals surface area contributed by atoms with Crippen molar-refractivity contribution in [2.75, 3.05) is 6.54 Å².